The van der Waals surface area contributed by atoms with E-state index in [0.717, 1.165) is 63.5 Å². The molecule has 2 heterocycles. The Labute approximate surface area is 214 Å². The van der Waals surface area contributed by atoms with Crippen molar-refractivity contribution < 1.29 is 4.74 Å². The van der Waals surface area contributed by atoms with Crippen LogP contribution >= 0.6 is 24.0 Å². The third-order valence-corrected chi connectivity index (χ3v) is 6.93. The smallest absolute Gasteiger partial charge is 0.191 e. The van der Waals surface area contributed by atoms with Crippen molar-refractivity contribution in [2.75, 3.05) is 45.9 Å². The van der Waals surface area contributed by atoms with Gasteiger partial charge in [0.15, 0.2) is 11.8 Å². The van der Waals surface area contributed by atoms with Gasteiger partial charge in [-0.25, -0.2) is 4.99 Å². The van der Waals surface area contributed by atoms with Crippen LogP contribution < -0.4 is 10.6 Å². The minimum absolute atomic E-state index is 0. The Morgan fingerprint density at radius 1 is 1.09 bits per heavy atom. The number of aliphatic imine (C=N–C) groups is 1. The van der Waals surface area contributed by atoms with Crippen molar-refractivity contribution >= 4 is 29.9 Å². The fourth-order valence-corrected chi connectivity index (χ4v) is 4.73. The number of hydrogen-bond acceptors (Lipinski definition) is 5. The number of ether oxygens (including phenoxy) is 1. The molecule has 2 aliphatic rings. The molecule has 0 amide bonds. The molecule has 4 rings (SSSR count). The predicted octanol–water partition coefficient (Wildman–Crippen LogP) is 2.62. The van der Waals surface area contributed by atoms with Gasteiger partial charge in [0.2, 0.25) is 0 Å². The highest BCUT2D eigenvalue weighted by atomic mass is 127. The van der Waals surface area contributed by atoms with Crippen LogP contribution in [0, 0.1) is 6.92 Å². The standard InChI is InChI=1S/C24H37N7O.HI/c1-20-28-29-22(30(20)2)18-26-23(25-12-13-31-14-16-32-17-15-31)27-19-24(10-6-7-11-24)21-8-4-3-5-9-21;/h3-5,8-9H,6-7,10-19H2,1-2H3,(H2,25,26,27);1H. The van der Waals surface area contributed by atoms with E-state index in [4.69, 9.17) is 9.73 Å². The first-order chi connectivity index (χ1) is 15.7. The lowest BCUT2D eigenvalue weighted by molar-refractivity contribution is 0.0389. The molecule has 2 aromatic rings. The van der Waals surface area contributed by atoms with Crippen LogP contribution in [0.15, 0.2) is 35.3 Å². The summed E-state index contributed by atoms with van der Waals surface area (Å²) in [6.45, 7) is 8.83. The number of guanidine groups is 1. The highest BCUT2D eigenvalue weighted by Crippen LogP contribution is 2.40. The van der Waals surface area contributed by atoms with Crippen LogP contribution in [0.1, 0.15) is 42.9 Å². The van der Waals surface area contributed by atoms with Gasteiger partial charge in [0.1, 0.15) is 12.4 Å². The zero-order valence-electron chi connectivity index (χ0n) is 19.9. The van der Waals surface area contributed by atoms with Gasteiger partial charge in [-0.05, 0) is 25.3 Å². The van der Waals surface area contributed by atoms with Gasteiger partial charge < -0.3 is 19.9 Å². The average molecular weight is 568 g/mol. The van der Waals surface area contributed by atoms with E-state index < -0.39 is 0 Å². The number of aryl methyl sites for hydroxylation is 1. The number of benzene rings is 1. The monoisotopic (exact) mass is 567 g/mol. The average Bonchev–Trinajstić information content (AvgIpc) is 3.44. The molecule has 1 aliphatic heterocycles. The molecule has 1 saturated carbocycles. The number of nitrogens with zero attached hydrogens (tertiary/aromatic N) is 5. The van der Waals surface area contributed by atoms with Crippen LogP contribution in [-0.2, 0) is 23.7 Å². The summed E-state index contributed by atoms with van der Waals surface area (Å²) in [6, 6.07) is 11.0. The van der Waals surface area contributed by atoms with Crippen LogP contribution in [0.4, 0.5) is 0 Å². The van der Waals surface area contributed by atoms with E-state index in [1.165, 1.54) is 31.2 Å². The van der Waals surface area contributed by atoms with Crippen LogP contribution in [0.25, 0.3) is 0 Å². The molecule has 0 unspecified atom stereocenters. The minimum Gasteiger partial charge on any atom is -0.379 e. The van der Waals surface area contributed by atoms with Crippen molar-refractivity contribution in [3.05, 3.63) is 47.5 Å². The zero-order chi connectivity index (χ0) is 22.2. The quantitative estimate of drug-likeness (QED) is 0.290. The molecular formula is C24H38IN7O. The third-order valence-electron chi connectivity index (χ3n) is 6.93. The van der Waals surface area contributed by atoms with Gasteiger partial charge in [0.25, 0.3) is 0 Å². The van der Waals surface area contributed by atoms with E-state index in [-0.39, 0.29) is 29.4 Å². The van der Waals surface area contributed by atoms with E-state index in [1.54, 1.807) is 0 Å². The van der Waals surface area contributed by atoms with Gasteiger partial charge in [0.05, 0.1) is 13.2 Å². The first-order valence-corrected chi connectivity index (χ1v) is 11.9. The van der Waals surface area contributed by atoms with E-state index in [9.17, 15) is 0 Å². The lowest BCUT2D eigenvalue weighted by Crippen LogP contribution is -2.47. The van der Waals surface area contributed by atoms with Gasteiger partial charge in [-0.15, -0.1) is 34.2 Å². The summed E-state index contributed by atoms with van der Waals surface area (Å²) >= 11 is 0. The summed E-state index contributed by atoms with van der Waals surface area (Å²) in [7, 11) is 1.99. The third kappa shape index (κ3) is 6.89. The van der Waals surface area contributed by atoms with E-state index in [1.807, 2.05) is 18.5 Å². The fraction of sp³-hybridized carbons (Fsp3) is 0.625. The number of morpholine rings is 1. The Balaban J connectivity index is 0.00000306. The van der Waals surface area contributed by atoms with Crippen molar-refractivity contribution in [1.82, 2.24) is 30.3 Å². The molecule has 1 aromatic carbocycles. The van der Waals surface area contributed by atoms with Crippen molar-refractivity contribution in [3.63, 3.8) is 0 Å². The Morgan fingerprint density at radius 2 is 1.82 bits per heavy atom. The Bertz CT molecular complexity index is 874. The van der Waals surface area contributed by atoms with Crippen LogP contribution in [-0.4, -0.2) is 71.6 Å². The van der Waals surface area contributed by atoms with Gasteiger partial charge in [-0.1, -0.05) is 43.2 Å². The Hall–Kier alpha value is -1.72. The van der Waals surface area contributed by atoms with Gasteiger partial charge in [0, 0.05) is 45.2 Å². The topological polar surface area (TPSA) is 79.6 Å². The fourth-order valence-electron chi connectivity index (χ4n) is 4.73. The molecule has 0 spiro atoms. The molecule has 9 heteroatoms. The lowest BCUT2D eigenvalue weighted by atomic mass is 9.79. The van der Waals surface area contributed by atoms with E-state index in [0.29, 0.717) is 6.54 Å². The van der Waals surface area contributed by atoms with Gasteiger partial charge in [-0.3, -0.25) is 4.90 Å². The highest BCUT2D eigenvalue weighted by molar-refractivity contribution is 14.0. The number of halogens is 1. The molecule has 1 aliphatic carbocycles. The molecule has 0 radical (unpaired) electrons. The largest absolute Gasteiger partial charge is 0.379 e. The summed E-state index contributed by atoms with van der Waals surface area (Å²) < 4.78 is 7.46. The van der Waals surface area contributed by atoms with Crippen molar-refractivity contribution in [2.24, 2.45) is 12.0 Å². The first kappa shape index (κ1) is 25.9. The van der Waals surface area contributed by atoms with Crippen LogP contribution in [0.3, 0.4) is 0 Å². The second-order valence-corrected chi connectivity index (χ2v) is 8.98. The second-order valence-electron chi connectivity index (χ2n) is 8.98. The number of rotatable bonds is 8. The number of aromatic nitrogens is 3. The lowest BCUT2D eigenvalue weighted by Gasteiger charge is -2.31. The number of nitrogens with one attached hydrogen (secondary N) is 2. The maximum Gasteiger partial charge on any atom is 0.191 e. The SMILES string of the molecule is Cc1nnc(CN=C(NCCN2CCOCC2)NCC2(c3ccccc3)CCCC2)n1C.I. The Morgan fingerprint density at radius 3 is 2.48 bits per heavy atom. The van der Waals surface area contributed by atoms with Crippen molar-refractivity contribution in [2.45, 2.75) is 44.6 Å². The van der Waals surface area contributed by atoms with E-state index in [2.05, 4.69) is 56.1 Å². The first-order valence-electron chi connectivity index (χ1n) is 11.9. The van der Waals surface area contributed by atoms with E-state index >= 15 is 0 Å². The summed E-state index contributed by atoms with van der Waals surface area (Å²) in [5, 5.41) is 15.7. The zero-order valence-corrected chi connectivity index (χ0v) is 22.3. The molecule has 1 saturated heterocycles. The molecule has 33 heavy (non-hydrogen) atoms. The number of hydrogen-bond donors (Lipinski definition) is 2. The van der Waals surface area contributed by atoms with Crippen molar-refractivity contribution in [3.8, 4) is 0 Å². The van der Waals surface area contributed by atoms with Crippen molar-refractivity contribution in [1.29, 1.82) is 0 Å². The molecule has 2 N–H and O–H groups in total. The molecule has 8 nitrogen and oxygen atoms in total. The molecule has 182 valence electrons. The molecule has 1 aromatic heterocycles. The summed E-state index contributed by atoms with van der Waals surface area (Å²) in [4.78, 5) is 7.30. The van der Waals surface area contributed by atoms with Crippen LogP contribution in [0.2, 0.25) is 0 Å². The maximum atomic E-state index is 5.46. The summed E-state index contributed by atoms with van der Waals surface area (Å²) in [6.07, 6.45) is 5.00. The summed E-state index contributed by atoms with van der Waals surface area (Å²) in [5.41, 5.74) is 1.61. The van der Waals surface area contributed by atoms with Gasteiger partial charge >= 0.3 is 0 Å². The molecule has 0 atom stereocenters. The molecule has 0 bridgehead atoms. The minimum atomic E-state index is 0. The Kier molecular flexibility index (Phi) is 9.94. The van der Waals surface area contributed by atoms with Crippen LogP contribution in [0.5, 0.6) is 0 Å². The predicted molar refractivity (Wildman–Crippen MR) is 142 cm³/mol. The molecule has 2 fully saturated rings. The highest BCUT2D eigenvalue weighted by Gasteiger charge is 2.35. The maximum absolute atomic E-state index is 5.46. The second kappa shape index (κ2) is 12.7. The molecular weight excluding hydrogens is 529 g/mol. The van der Waals surface area contributed by atoms with Gasteiger partial charge in [-0.2, -0.15) is 0 Å². The summed E-state index contributed by atoms with van der Waals surface area (Å²) in [5.74, 6) is 2.62. The normalized spacial score (nSPS) is 18.7.